The molecule has 2 aliphatic rings. The van der Waals surface area contributed by atoms with E-state index >= 15 is 0 Å². The Kier molecular flexibility index (Phi) is 6.03. The summed E-state index contributed by atoms with van der Waals surface area (Å²) in [6.45, 7) is 2.43. The van der Waals surface area contributed by atoms with E-state index in [1.165, 1.54) is 11.0 Å². The number of aliphatic carboxylic acids is 1. The van der Waals surface area contributed by atoms with Crippen LogP contribution in [0.1, 0.15) is 46.7 Å². The second-order valence-corrected chi connectivity index (χ2v) is 8.99. The van der Waals surface area contributed by atoms with Crippen LogP contribution in [0.3, 0.4) is 0 Å². The maximum Gasteiger partial charge on any atom is 0.407 e. The number of carboxylic acid groups (broad SMARTS) is 1. The average molecular weight is 475 g/mol. The van der Waals surface area contributed by atoms with Gasteiger partial charge in [0.25, 0.3) is 5.91 Å². The second kappa shape index (κ2) is 9.29. The molecule has 1 fully saturated rings. The molecule has 0 saturated carbocycles. The van der Waals surface area contributed by atoms with Crippen molar-refractivity contribution >= 4 is 18.0 Å². The van der Waals surface area contributed by atoms with Crippen molar-refractivity contribution in [3.05, 3.63) is 83.3 Å². The number of carbonyl (C=O) groups is 3. The van der Waals surface area contributed by atoms with Gasteiger partial charge in [0.2, 0.25) is 0 Å². The molecular formula is C27H26N2O6. The van der Waals surface area contributed by atoms with Crippen molar-refractivity contribution in [3.8, 4) is 11.1 Å². The minimum absolute atomic E-state index is 0.0361. The van der Waals surface area contributed by atoms with E-state index < -0.39 is 24.0 Å². The predicted octanol–water partition coefficient (Wildman–Crippen LogP) is 4.25. The van der Waals surface area contributed by atoms with Crippen molar-refractivity contribution < 1.29 is 28.6 Å². The van der Waals surface area contributed by atoms with E-state index in [1.54, 1.807) is 6.07 Å². The van der Waals surface area contributed by atoms with Gasteiger partial charge in [-0.2, -0.15) is 0 Å². The molecule has 0 radical (unpaired) electrons. The van der Waals surface area contributed by atoms with E-state index in [4.69, 9.17) is 9.15 Å². The summed E-state index contributed by atoms with van der Waals surface area (Å²) in [4.78, 5) is 38.0. The minimum atomic E-state index is -1.02. The van der Waals surface area contributed by atoms with Crippen LogP contribution in [0, 0.1) is 5.92 Å². The Morgan fingerprint density at radius 3 is 2.34 bits per heavy atom. The molecule has 2 amide bonds. The molecular weight excluding hydrogens is 448 g/mol. The molecule has 2 heterocycles. The number of ether oxygens (including phenoxy) is 1. The zero-order valence-corrected chi connectivity index (χ0v) is 19.3. The number of likely N-dealkylation sites (tertiary alicyclic amines) is 1. The molecule has 2 unspecified atom stereocenters. The van der Waals surface area contributed by atoms with Crippen molar-refractivity contribution in [2.24, 2.45) is 5.92 Å². The van der Waals surface area contributed by atoms with Gasteiger partial charge in [0.05, 0.1) is 6.54 Å². The van der Waals surface area contributed by atoms with Gasteiger partial charge in [0.1, 0.15) is 18.4 Å². The molecule has 2 N–H and O–H groups in total. The Labute approximate surface area is 202 Å². The van der Waals surface area contributed by atoms with Crippen molar-refractivity contribution in [3.63, 3.8) is 0 Å². The third-order valence-corrected chi connectivity index (χ3v) is 6.84. The normalized spacial score (nSPS) is 18.7. The van der Waals surface area contributed by atoms with E-state index in [2.05, 4.69) is 29.6 Å². The van der Waals surface area contributed by atoms with Crippen LogP contribution in [0.4, 0.5) is 4.79 Å². The number of carbonyl (C=O) groups excluding carboxylic acids is 2. The monoisotopic (exact) mass is 474 g/mol. The summed E-state index contributed by atoms with van der Waals surface area (Å²) in [5, 5.41) is 12.1. The maximum atomic E-state index is 12.8. The highest BCUT2D eigenvalue weighted by Gasteiger charge is 2.40. The molecule has 1 aromatic heterocycles. The molecule has 2 aromatic carbocycles. The highest BCUT2D eigenvalue weighted by molar-refractivity contribution is 5.95. The first-order chi connectivity index (χ1) is 16.9. The fourth-order valence-corrected chi connectivity index (χ4v) is 5.09. The quantitative estimate of drug-likeness (QED) is 0.553. The van der Waals surface area contributed by atoms with Crippen LogP contribution in [-0.4, -0.2) is 47.2 Å². The molecule has 2 atom stereocenters. The number of furan rings is 1. The Hall–Kier alpha value is -4.07. The Bertz CT molecular complexity index is 1240. The van der Waals surface area contributed by atoms with E-state index in [9.17, 15) is 19.5 Å². The SMILES string of the molecule is CC1CCN(C(=O)c2ccc(CNC(=O)OCC3c4ccccc4-c4ccccc43)o2)C1C(=O)O. The molecule has 180 valence electrons. The molecule has 8 heteroatoms. The van der Waals surface area contributed by atoms with Gasteiger partial charge in [0.15, 0.2) is 5.76 Å². The summed E-state index contributed by atoms with van der Waals surface area (Å²) >= 11 is 0. The topological polar surface area (TPSA) is 109 Å². The zero-order valence-electron chi connectivity index (χ0n) is 19.3. The number of hydrogen-bond acceptors (Lipinski definition) is 5. The second-order valence-electron chi connectivity index (χ2n) is 8.99. The summed E-state index contributed by atoms with van der Waals surface area (Å²) in [7, 11) is 0. The number of benzene rings is 2. The summed E-state index contributed by atoms with van der Waals surface area (Å²) in [5.74, 6) is -1.22. The Morgan fingerprint density at radius 2 is 1.69 bits per heavy atom. The number of rotatable bonds is 6. The minimum Gasteiger partial charge on any atom is -0.480 e. The fraction of sp³-hybridized carbons (Fsp3) is 0.296. The summed E-state index contributed by atoms with van der Waals surface area (Å²) in [6, 6.07) is 18.4. The third-order valence-electron chi connectivity index (χ3n) is 6.84. The number of alkyl carbamates (subject to hydrolysis) is 1. The number of nitrogens with zero attached hydrogens (tertiary/aromatic N) is 1. The molecule has 0 spiro atoms. The van der Waals surface area contributed by atoms with Crippen LogP contribution in [-0.2, 0) is 16.1 Å². The number of fused-ring (bicyclic) bond motifs is 3. The van der Waals surface area contributed by atoms with Crippen molar-refractivity contribution in [2.75, 3.05) is 13.2 Å². The molecule has 0 bridgehead atoms. The average Bonchev–Trinajstić information content (AvgIpc) is 3.57. The standard InChI is InChI=1S/C27H26N2O6/c1-16-12-13-29(24(16)26(31)32)25(30)23-11-10-17(35-23)14-28-27(33)34-15-22-20-8-4-2-6-18(20)19-7-3-5-9-21(19)22/h2-11,16,22,24H,12-15H2,1H3,(H,28,33)(H,31,32). The van der Waals surface area contributed by atoms with Gasteiger partial charge in [-0.25, -0.2) is 9.59 Å². The van der Waals surface area contributed by atoms with Crippen LogP contribution in [0.25, 0.3) is 11.1 Å². The van der Waals surface area contributed by atoms with E-state index in [1.807, 2.05) is 31.2 Å². The van der Waals surface area contributed by atoms with E-state index in [0.29, 0.717) is 18.7 Å². The zero-order chi connectivity index (χ0) is 24.5. The molecule has 8 nitrogen and oxygen atoms in total. The van der Waals surface area contributed by atoms with Crippen LogP contribution < -0.4 is 5.32 Å². The number of amides is 2. The number of hydrogen-bond donors (Lipinski definition) is 2. The first-order valence-electron chi connectivity index (χ1n) is 11.7. The van der Waals surface area contributed by atoms with Crippen LogP contribution in [0.2, 0.25) is 0 Å². The van der Waals surface area contributed by atoms with Crippen molar-refractivity contribution in [1.29, 1.82) is 0 Å². The molecule has 3 aromatic rings. The number of nitrogens with one attached hydrogen (secondary N) is 1. The van der Waals surface area contributed by atoms with Crippen molar-refractivity contribution in [1.82, 2.24) is 10.2 Å². The van der Waals surface area contributed by atoms with E-state index in [0.717, 1.165) is 22.3 Å². The molecule has 5 rings (SSSR count). The Balaban J connectivity index is 1.17. The fourth-order valence-electron chi connectivity index (χ4n) is 5.09. The largest absolute Gasteiger partial charge is 0.480 e. The smallest absolute Gasteiger partial charge is 0.407 e. The van der Waals surface area contributed by atoms with Gasteiger partial charge in [-0.3, -0.25) is 4.79 Å². The third kappa shape index (κ3) is 4.27. The van der Waals surface area contributed by atoms with Crippen LogP contribution in [0.5, 0.6) is 0 Å². The van der Waals surface area contributed by atoms with Gasteiger partial charge in [-0.05, 0) is 46.7 Å². The lowest BCUT2D eigenvalue weighted by molar-refractivity contribution is -0.142. The molecule has 1 aliphatic heterocycles. The molecule has 1 saturated heterocycles. The lowest BCUT2D eigenvalue weighted by Crippen LogP contribution is -2.42. The van der Waals surface area contributed by atoms with E-state index in [-0.39, 0.29) is 30.7 Å². The summed E-state index contributed by atoms with van der Waals surface area (Å²) in [6.07, 6.45) is 0.0371. The Morgan fingerprint density at radius 1 is 1.03 bits per heavy atom. The highest BCUT2D eigenvalue weighted by atomic mass is 16.5. The lowest BCUT2D eigenvalue weighted by atomic mass is 9.98. The van der Waals surface area contributed by atoms with Crippen LogP contribution >= 0.6 is 0 Å². The van der Waals surface area contributed by atoms with Gasteiger partial charge in [0, 0.05) is 12.5 Å². The summed E-state index contributed by atoms with van der Waals surface area (Å²) in [5.41, 5.74) is 4.57. The van der Waals surface area contributed by atoms with Gasteiger partial charge in [-0.1, -0.05) is 55.5 Å². The molecule has 1 aliphatic carbocycles. The maximum absolute atomic E-state index is 12.8. The predicted molar refractivity (Wildman–Crippen MR) is 127 cm³/mol. The lowest BCUT2D eigenvalue weighted by Gasteiger charge is -2.22. The van der Waals surface area contributed by atoms with Crippen LogP contribution in [0.15, 0.2) is 65.1 Å². The van der Waals surface area contributed by atoms with Gasteiger partial charge < -0.3 is 24.5 Å². The first kappa shape index (κ1) is 22.7. The highest BCUT2D eigenvalue weighted by Crippen LogP contribution is 2.44. The summed E-state index contributed by atoms with van der Waals surface area (Å²) < 4.78 is 11.1. The number of carboxylic acids is 1. The van der Waals surface area contributed by atoms with Gasteiger partial charge >= 0.3 is 12.1 Å². The molecule has 35 heavy (non-hydrogen) atoms. The van der Waals surface area contributed by atoms with Crippen molar-refractivity contribution in [2.45, 2.75) is 31.8 Å². The van der Waals surface area contributed by atoms with Gasteiger partial charge in [-0.15, -0.1) is 0 Å². The first-order valence-corrected chi connectivity index (χ1v) is 11.7.